The Morgan fingerprint density at radius 2 is 1.69 bits per heavy atom. The van der Waals surface area contributed by atoms with Crippen LogP contribution in [0.4, 0.5) is 4.79 Å². The molecule has 0 radical (unpaired) electrons. The van der Waals surface area contributed by atoms with E-state index in [0.29, 0.717) is 15.6 Å². The molecule has 10 heteroatoms. The van der Waals surface area contributed by atoms with Crippen LogP contribution in [0.3, 0.4) is 0 Å². The fourth-order valence-corrected chi connectivity index (χ4v) is 6.08. The second kappa shape index (κ2) is 11.0. The van der Waals surface area contributed by atoms with E-state index in [1.807, 2.05) is 49.2 Å². The lowest BCUT2D eigenvalue weighted by molar-refractivity contribution is -0.178. The van der Waals surface area contributed by atoms with Gasteiger partial charge in [-0.2, -0.15) is 0 Å². The zero-order valence-electron chi connectivity index (χ0n) is 23.0. The Labute approximate surface area is 239 Å². The Hall–Kier alpha value is -2.81. The third-order valence-corrected chi connectivity index (χ3v) is 7.73. The molecule has 0 bridgehead atoms. The topological polar surface area (TPSA) is 88.2 Å². The van der Waals surface area contributed by atoms with Crippen molar-refractivity contribution >= 4 is 41.2 Å². The third-order valence-electron chi connectivity index (χ3n) is 7.07. The molecule has 4 rings (SSSR count). The van der Waals surface area contributed by atoms with Gasteiger partial charge in [0.05, 0.1) is 12.1 Å². The van der Waals surface area contributed by atoms with Gasteiger partial charge in [-0.1, -0.05) is 73.4 Å². The number of hydrogen-bond donors (Lipinski definition) is 1. The summed E-state index contributed by atoms with van der Waals surface area (Å²) in [6.07, 6.45) is -0.512. The minimum Gasteiger partial charge on any atom is -0.458 e. The molecule has 2 aromatic rings. The van der Waals surface area contributed by atoms with Crippen LogP contribution in [-0.4, -0.2) is 51.2 Å². The Balaban J connectivity index is 1.72. The van der Waals surface area contributed by atoms with Crippen molar-refractivity contribution in [3.63, 3.8) is 0 Å². The van der Waals surface area contributed by atoms with Crippen molar-refractivity contribution < 1.29 is 23.9 Å². The van der Waals surface area contributed by atoms with Crippen molar-refractivity contribution in [2.75, 3.05) is 0 Å². The Bertz CT molecular complexity index is 1230. The third kappa shape index (κ3) is 5.74. The Kier molecular flexibility index (Phi) is 8.22. The van der Waals surface area contributed by atoms with Gasteiger partial charge in [-0.25, -0.2) is 14.6 Å². The molecule has 4 atom stereocenters. The molecule has 39 heavy (non-hydrogen) atoms. The molecular weight excluding hydrogens is 541 g/mol. The number of nitrogens with zero attached hydrogens (tertiary/aromatic N) is 2. The number of carbonyl (C=O) groups is 3. The molecule has 210 valence electrons. The van der Waals surface area contributed by atoms with Gasteiger partial charge < -0.3 is 14.8 Å². The van der Waals surface area contributed by atoms with Crippen LogP contribution in [-0.2, 0) is 25.7 Å². The molecule has 0 spiro atoms. The van der Waals surface area contributed by atoms with Gasteiger partial charge in [0, 0.05) is 22.0 Å². The highest BCUT2D eigenvalue weighted by Gasteiger charge is 2.65. The van der Waals surface area contributed by atoms with Crippen LogP contribution < -0.4 is 5.32 Å². The van der Waals surface area contributed by atoms with E-state index in [4.69, 9.17) is 32.7 Å². The molecule has 2 aliphatic rings. The van der Waals surface area contributed by atoms with Crippen molar-refractivity contribution in [1.82, 2.24) is 15.3 Å². The number of nitrogens with one attached hydrogen (secondary N) is 1. The maximum Gasteiger partial charge on any atom is 0.408 e. The zero-order valence-corrected chi connectivity index (χ0v) is 24.5. The molecule has 0 unspecified atom stereocenters. The summed E-state index contributed by atoms with van der Waals surface area (Å²) in [6.45, 7) is 11.0. The molecule has 0 saturated carbocycles. The summed E-state index contributed by atoms with van der Waals surface area (Å²) in [5.41, 5.74) is -0.705. The van der Waals surface area contributed by atoms with Gasteiger partial charge in [0.25, 0.3) is 5.91 Å². The van der Waals surface area contributed by atoms with Crippen LogP contribution in [0.2, 0.25) is 10.0 Å². The normalized spacial score (nSPS) is 25.1. The lowest BCUT2D eigenvalue weighted by Gasteiger charge is -2.37. The zero-order chi connectivity index (χ0) is 28.7. The minimum absolute atomic E-state index is 0.0564. The second-order valence-electron chi connectivity index (χ2n) is 11.6. The summed E-state index contributed by atoms with van der Waals surface area (Å²) in [7, 11) is 0. The number of ether oxygens (including phenoxy) is 2. The van der Waals surface area contributed by atoms with Crippen molar-refractivity contribution in [2.45, 2.75) is 83.8 Å². The standard InChI is InChI=1S/C29H35Cl2N3O5/c1-17(2)24-23(32-27(37)38-16-18-11-8-7-9-12-18)25(35)34-29(6,26(36)39-28(3,4)5)15-21(33(24)34)22-19(30)13-10-14-20(22)31/h7-14,17,21,23-24H,15-16H2,1-6H3,(H,32,37)/t21-,23+,24+,29+/m0/s1. The number of alkyl carbamates (subject to hydrolysis) is 1. The smallest absolute Gasteiger partial charge is 0.408 e. The van der Waals surface area contributed by atoms with Crippen LogP contribution in [0.25, 0.3) is 0 Å². The molecule has 2 fully saturated rings. The molecular formula is C29H35Cl2N3O5. The lowest BCUT2D eigenvalue weighted by Crippen LogP contribution is -2.55. The molecule has 1 N–H and O–H groups in total. The maximum atomic E-state index is 14.1. The van der Waals surface area contributed by atoms with Gasteiger partial charge in [0.15, 0.2) is 5.54 Å². The molecule has 0 aliphatic carbocycles. The molecule has 2 aromatic carbocycles. The fraction of sp³-hybridized carbons (Fsp3) is 0.483. The number of amides is 2. The first-order valence-corrected chi connectivity index (χ1v) is 13.8. The molecule has 2 aliphatic heterocycles. The number of hydrogen-bond acceptors (Lipinski definition) is 6. The maximum absolute atomic E-state index is 14.1. The van der Waals surface area contributed by atoms with Gasteiger partial charge >= 0.3 is 12.1 Å². The number of hydrazine groups is 1. The highest BCUT2D eigenvalue weighted by atomic mass is 35.5. The first-order valence-electron chi connectivity index (χ1n) is 13.0. The number of carbonyl (C=O) groups excluding carboxylic acids is 3. The van der Waals surface area contributed by atoms with E-state index in [-0.39, 0.29) is 18.9 Å². The monoisotopic (exact) mass is 575 g/mol. The van der Waals surface area contributed by atoms with Crippen LogP contribution in [0.5, 0.6) is 0 Å². The molecule has 0 aromatic heterocycles. The minimum atomic E-state index is -1.37. The molecule has 2 amide bonds. The first kappa shape index (κ1) is 29.2. The summed E-state index contributed by atoms with van der Waals surface area (Å²) in [5.74, 6) is -1.08. The van der Waals surface area contributed by atoms with E-state index in [0.717, 1.165) is 5.56 Å². The quantitative estimate of drug-likeness (QED) is 0.430. The van der Waals surface area contributed by atoms with E-state index in [9.17, 15) is 14.4 Å². The van der Waals surface area contributed by atoms with E-state index in [2.05, 4.69) is 5.32 Å². The lowest BCUT2D eigenvalue weighted by atomic mass is 9.87. The highest BCUT2D eigenvalue weighted by Crippen LogP contribution is 2.52. The molecule has 2 heterocycles. The van der Waals surface area contributed by atoms with Crippen LogP contribution >= 0.6 is 23.2 Å². The van der Waals surface area contributed by atoms with Gasteiger partial charge in [0.1, 0.15) is 18.2 Å². The predicted octanol–water partition coefficient (Wildman–Crippen LogP) is 5.92. The van der Waals surface area contributed by atoms with Crippen molar-refractivity contribution in [3.05, 3.63) is 69.7 Å². The SMILES string of the molecule is CC(C)[C@@H]1[C@@H](NC(=O)OCc2ccccc2)C(=O)N2N1[C@H](c1c(Cl)cccc1Cl)C[C@]2(C)C(=O)OC(C)(C)C. The Morgan fingerprint density at radius 1 is 1.08 bits per heavy atom. The van der Waals surface area contributed by atoms with Crippen molar-refractivity contribution in [1.29, 1.82) is 0 Å². The van der Waals surface area contributed by atoms with Crippen molar-refractivity contribution in [2.24, 2.45) is 5.92 Å². The average Bonchev–Trinajstić information content (AvgIpc) is 3.30. The summed E-state index contributed by atoms with van der Waals surface area (Å²) in [4.78, 5) is 40.6. The Morgan fingerprint density at radius 3 is 2.26 bits per heavy atom. The summed E-state index contributed by atoms with van der Waals surface area (Å²) in [5, 5.41) is 6.92. The number of rotatable bonds is 6. The molecule has 2 saturated heterocycles. The largest absolute Gasteiger partial charge is 0.458 e. The van der Waals surface area contributed by atoms with Crippen molar-refractivity contribution in [3.8, 4) is 0 Å². The van der Waals surface area contributed by atoms with Gasteiger partial charge in [-0.3, -0.25) is 9.80 Å². The van der Waals surface area contributed by atoms with E-state index in [1.165, 1.54) is 5.01 Å². The summed E-state index contributed by atoms with van der Waals surface area (Å²) in [6, 6.07) is 12.5. The average molecular weight is 577 g/mol. The fourth-order valence-electron chi connectivity index (χ4n) is 5.43. The van der Waals surface area contributed by atoms with Gasteiger partial charge in [0.2, 0.25) is 0 Å². The van der Waals surface area contributed by atoms with E-state index < -0.39 is 47.2 Å². The van der Waals surface area contributed by atoms with E-state index >= 15 is 0 Å². The predicted molar refractivity (Wildman–Crippen MR) is 149 cm³/mol. The number of benzene rings is 2. The van der Waals surface area contributed by atoms with E-state index in [1.54, 1.807) is 45.9 Å². The second-order valence-corrected chi connectivity index (χ2v) is 12.4. The van der Waals surface area contributed by atoms with Gasteiger partial charge in [-0.05, 0) is 51.3 Å². The van der Waals surface area contributed by atoms with Crippen LogP contribution in [0.1, 0.15) is 65.1 Å². The first-order chi connectivity index (χ1) is 18.2. The molecule has 8 nitrogen and oxygen atoms in total. The number of halogens is 2. The summed E-state index contributed by atoms with van der Waals surface area (Å²) >= 11 is 13.3. The number of esters is 1. The number of fused-ring (bicyclic) bond motifs is 1. The highest BCUT2D eigenvalue weighted by molar-refractivity contribution is 6.36. The van der Waals surface area contributed by atoms with Gasteiger partial charge in [-0.15, -0.1) is 0 Å². The van der Waals surface area contributed by atoms with Crippen LogP contribution in [0.15, 0.2) is 48.5 Å². The summed E-state index contributed by atoms with van der Waals surface area (Å²) < 4.78 is 11.2. The van der Waals surface area contributed by atoms with Crippen LogP contribution in [0, 0.1) is 5.92 Å².